The summed E-state index contributed by atoms with van der Waals surface area (Å²) in [5.74, 6) is 0.260. The predicted molar refractivity (Wildman–Crippen MR) is 56.4 cm³/mol. The molecule has 15 heavy (non-hydrogen) atoms. The second-order valence-electron chi connectivity index (χ2n) is 2.71. The van der Waals surface area contributed by atoms with Gasteiger partial charge in [0.25, 0.3) is 5.56 Å². The highest BCUT2D eigenvalue weighted by Crippen LogP contribution is 2.10. The molecular weight excluding hydrogens is 264 g/mol. The molecule has 2 rings (SSSR count). The highest BCUT2D eigenvalue weighted by atomic mass is 79.9. The van der Waals surface area contributed by atoms with Crippen molar-refractivity contribution in [3.63, 3.8) is 0 Å². The maximum Gasteiger partial charge on any atom is 0.325 e. The molecule has 0 fully saturated rings. The summed E-state index contributed by atoms with van der Waals surface area (Å²) in [6, 6.07) is 0. The zero-order valence-corrected chi connectivity index (χ0v) is 8.91. The molecule has 0 saturated heterocycles. The molecule has 2 aromatic heterocycles. The molecule has 0 bridgehead atoms. The van der Waals surface area contributed by atoms with Gasteiger partial charge in [-0.3, -0.25) is 9.78 Å². The number of rotatable bonds is 1. The van der Waals surface area contributed by atoms with Crippen LogP contribution in [0.3, 0.4) is 0 Å². The fourth-order valence-corrected chi connectivity index (χ4v) is 1.23. The quantitative estimate of drug-likeness (QED) is 0.778. The van der Waals surface area contributed by atoms with Crippen LogP contribution in [0.1, 0.15) is 0 Å². The number of aromatic amines is 2. The molecule has 0 aliphatic heterocycles. The van der Waals surface area contributed by atoms with Crippen molar-refractivity contribution in [1.29, 1.82) is 0 Å². The average molecular weight is 269 g/mol. The van der Waals surface area contributed by atoms with Crippen LogP contribution in [0.4, 0.5) is 0 Å². The first kappa shape index (κ1) is 9.78. The highest BCUT2D eigenvalue weighted by molar-refractivity contribution is 9.10. The minimum atomic E-state index is -0.555. The predicted octanol–water partition coefficient (Wildman–Crippen LogP) is 0.283. The zero-order valence-electron chi connectivity index (χ0n) is 7.32. The van der Waals surface area contributed by atoms with E-state index in [1.807, 2.05) is 0 Å². The SMILES string of the molecule is O=c1[nH]cc(-c2ncc(Br)cn2)c(=O)[nH]1. The zero-order chi connectivity index (χ0) is 10.8. The van der Waals surface area contributed by atoms with Gasteiger partial charge in [-0.25, -0.2) is 14.8 Å². The van der Waals surface area contributed by atoms with Crippen molar-refractivity contribution in [2.45, 2.75) is 0 Å². The molecule has 2 aromatic rings. The summed E-state index contributed by atoms with van der Waals surface area (Å²) in [7, 11) is 0. The van der Waals surface area contributed by atoms with Gasteiger partial charge in [-0.1, -0.05) is 0 Å². The molecule has 2 N–H and O–H groups in total. The Hall–Kier alpha value is -1.76. The lowest BCUT2D eigenvalue weighted by molar-refractivity contribution is 1.02. The Kier molecular flexibility index (Phi) is 2.46. The third-order valence-corrected chi connectivity index (χ3v) is 2.09. The first-order valence-corrected chi connectivity index (χ1v) is 4.76. The fraction of sp³-hybridized carbons (Fsp3) is 0. The summed E-state index contributed by atoms with van der Waals surface area (Å²) in [6.07, 6.45) is 4.32. The number of aromatic nitrogens is 4. The Bertz CT molecular complexity index is 587. The third kappa shape index (κ3) is 2.01. The van der Waals surface area contributed by atoms with Crippen LogP contribution in [0.2, 0.25) is 0 Å². The molecular formula is C8H5BrN4O2. The maximum absolute atomic E-state index is 11.4. The van der Waals surface area contributed by atoms with Gasteiger partial charge >= 0.3 is 5.69 Å². The molecule has 7 heteroatoms. The van der Waals surface area contributed by atoms with Gasteiger partial charge in [0.05, 0.1) is 4.47 Å². The van der Waals surface area contributed by atoms with E-state index in [2.05, 4.69) is 35.9 Å². The van der Waals surface area contributed by atoms with Gasteiger partial charge in [-0.15, -0.1) is 0 Å². The molecule has 0 atom stereocenters. The van der Waals surface area contributed by atoms with Crippen LogP contribution in [0, 0.1) is 0 Å². The topological polar surface area (TPSA) is 91.5 Å². The molecule has 0 aliphatic carbocycles. The molecule has 2 heterocycles. The van der Waals surface area contributed by atoms with Crippen LogP contribution in [0.25, 0.3) is 11.4 Å². The molecule has 0 aliphatic rings. The smallest absolute Gasteiger partial charge is 0.313 e. The van der Waals surface area contributed by atoms with Gasteiger partial charge in [0, 0.05) is 18.6 Å². The second-order valence-corrected chi connectivity index (χ2v) is 3.63. The van der Waals surface area contributed by atoms with Gasteiger partial charge in [-0.05, 0) is 15.9 Å². The van der Waals surface area contributed by atoms with Crippen LogP contribution in [0.5, 0.6) is 0 Å². The maximum atomic E-state index is 11.4. The van der Waals surface area contributed by atoms with Crippen molar-refractivity contribution in [3.8, 4) is 11.4 Å². The van der Waals surface area contributed by atoms with Crippen molar-refractivity contribution < 1.29 is 0 Å². The molecule has 76 valence electrons. The van der Waals surface area contributed by atoms with E-state index < -0.39 is 11.2 Å². The lowest BCUT2D eigenvalue weighted by Gasteiger charge is -1.97. The molecule has 0 radical (unpaired) electrons. The van der Waals surface area contributed by atoms with E-state index in [0.29, 0.717) is 4.47 Å². The molecule has 0 amide bonds. The Balaban J connectivity index is 2.59. The van der Waals surface area contributed by atoms with Crippen LogP contribution < -0.4 is 11.2 Å². The van der Waals surface area contributed by atoms with Gasteiger partial charge in [-0.2, -0.15) is 0 Å². The van der Waals surface area contributed by atoms with Crippen LogP contribution in [-0.2, 0) is 0 Å². The summed E-state index contributed by atoms with van der Waals surface area (Å²) < 4.78 is 0.715. The lowest BCUT2D eigenvalue weighted by atomic mass is 10.3. The van der Waals surface area contributed by atoms with Gasteiger partial charge in [0.1, 0.15) is 5.56 Å². The van der Waals surface area contributed by atoms with Crippen molar-refractivity contribution >= 4 is 15.9 Å². The standard InChI is InChI=1S/C8H5BrN4O2/c9-4-1-10-6(11-2-4)5-3-12-8(15)13-7(5)14/h1-3H,(H2,12,13,14,15). The molecule has 0 unspecified atom stereocenters. The van der Waals surface area contributed by atoms with Gasteiger partial charge < -0.3 is 4.98 Å². The number of halogens is 1. The third-order valence-electron chi connectivity index (χ3n) is 1.68. The van der Waals surface area contributed by atoms with E-state index in [1.165, 1.54) is 18.6 Å². The molecule has 0 spiro atoms. The van der Waals surface area contributed by atoms with E-state index in [1.54, 1.807) is 0 Å². The molecule has 6 nitrogen and oxygen atoms in total. The van der Waals surface area contributed by atoms with Crippen LogP contribution in [0.15, 0.2) is 32.7 Å². The molecule has 0 saturated carbocycles. The minimum absolute atomic E-state index is 0.224. The van der Waals surface area contributed by atoms with Crippen LogP contribution >= 0.6 is 15.9 Å². The summed E-state index contributed by atoms with van der Waals surface area (Å²) >= 11 is 3.18. The normalized spacial score (nSPS) is 10.2. The van der Waals surface area contributed by atoms with E-state index in [0.717, 1.165) is 0 Å². The van der Waals surface area contributed by atoms with E-state index in [4.69, 9.17) is 0 Å². The second kappa shape index (κ2) is 3.77. The fourth-order valence-electron chi connectivity index (χ4n) is 1.03. The molecule has 0 aromatic carbocycles. The Morgan fingerprint density at radius 1 is 1.20 bits per heavy atom. The van der Waals surface area contributed by atoms with Crippen molar-refractivity contribution in [2.75, 3.05) is 0 Å². The van der Waals surface area contributed by atoms with Crippen molar-refractivity contribution in [1.82, 2.24) is 19.9 Å². The van der Waals surface area contributed by atoms with Crippen molar-refractivity contribution in [3.05, 3.63) is 43.9 Å². The summed E-state index contributed by atoms with van der Waals surface area (Å²) in [4.78, 5) is 34.4. The Labute approximate surface area is 91.6 Å². The van der Waals surface area contributed by atoms with Crippen molar-refractivity contribution in [2.24, 2.45) is 0 Å². The summed E-state index contributed by atoms with van der Waals surface area (Å²) in [5.41, 5.74) is -0.843. The first-order valence-electron chi connectivity index (χ1n) is 3.97. The average Bonchev–Trinajstić information content (AvgIpc) is 2.20. The van der Waals surface area contributed by atoms with E-state index in [9.17, 15) is 9.59 Å². The van der Waals surface area contributed by atoms with Crippen LogP contribution in [-0.4, -0.2) is 19.9 Å². The highest BCUT2D eigenvalue weighted by Gasteiger charge is 2.05. The lowest BCUT2D eigenvalue weighted by Crippen LogP contribution is -2.23. The van der Waals surface area contributed by atoms with Gasteiger partial charge in [0.15, 0.2) is 5.82 Å². The minimum Gasteiger partial charge on any atom is -0.313 e. The number of hydrogen-bond acceptors (Lipinski definition) is 4. The Morgan fingerprint density at radius 3 is 2.47 bits per heavy atom. The number of nitrogens with zero attached hydrogens (tertiary/aromatic N) is 2. The largest absolute Gasteiger partial charge is 0.325 e. The van der Waals surface area contributed by atoms with E-state index >= 15 is 0 Å². The van der Waals surface area contributed by atoms with Gasteiger partial charge in [0.2, 0.25) is 0 Å². The monoisotopic (exact) mass is 268 g/mol. The number of hydrogen-bond donors (Lipinski definition) is 2. The number of nitrogens with one attached hydrogen (secondary N) is 2. The Morgan fingerprint density at radius 2 is 1.87 bits per heavy atom. The summed E-state index contributed by atoms with van der Waals surface area (Å²) in [6.45, 7) is 0. The summed E-state index contributed by atoms with van der Waals surface area (Å²) in [5, 5.41) is 0. The van der Waals surface area contributed by atoms with E-state index in [-0.39, 0.29) is 11.4 Å². The first-order chi connectivity index (χ1) is 7.16. The number of H-pyrrole nitrogens is 2.